The average Bonchev–Trinajstić information content (AvgIpc) is 2.78. The number of hydrogen-bond donors (Lipinski definition) is 2. The van der Waals surface area contributed by atoms with Crippen LogP contribution in [0.1, 0.15) is 37.4 Å². The molecule has 96 valence electrons. The third-order valence-corrected chi connectivity index (χ3v) is 3.66. The Balaban J connectivity index is 1.84. The Morgan fingerprint density at radius 1 is 1.28 bits per heavy atom. The molecule has 2 N–H and O–H groups in total. The van der Waals surface area contributed by atoms with Gasteiger partial charge in [-0.15, -0.1) is 0 Å². The number of ether oxygens (including phenoxy) is 1. The zero-order chi connectivity index (χ0) is 12.5. The Bertz CT molecular complexity index is 595. The van der Waals surface area contributed by atoms with Crippen LogP contribution in [-0.2, 0) is 4.74 Å². The number of imidazole rings is 1. The summed E-state index contributed by atoms with van der Waals surface area (Å²) in [5.74, 6) is 1.20. The van der Waals surface area contributed by atoms with Crippen LogP contribution in [0.25, 0.3) is 11.2 Å². The molecule has 0 unspecified atom stereocenters. The fourth-order valence-corrected chi connectivity index (χ4v) is 2.60. The molecular formula is C12H16N4O2. The highest BCUT2D eigenvalue weighted by Gasteiger charge is 2.24. The first-order chi connectivity index (χ1) is 8.76. The van der Waals surface area contributed by atoms with E-state index in [4.69, 9.17) is 4.74 Å². The summed E-state index contributed by atoms with van der Waals surface area (Å²) in [6.45, 7) is 0. The van der Waals surface area contributed by atoms with Gasteiger partial charge in [-0.3, -0.25) is 4.98 Å². The van der Waals surface area contributed by atoms with Crippen LogP contribution < -0.4 is 5.69 Å². The van der Waals surface area contributed by atoms with Gasteiger partial charge in [0.2, 0.25) is 0 Å². The van der Waals surface area contributed by atoms with Crippen LogP contribution in [0.5, 0.6) is 0 Å². The van der Waals surface area contributed by atoms with Crippen molar-refractivity contribution in [3.8, 4) is 0 Å². The summed E-state index contributed by atoms with van der Waals surface area (Å²) in [5.41, 5.74) is 1.02. The van der Waals surface area contributed by atoms with Gasteiger partial charge in [0.1, 0.15) is 11.3 Å². The number of hydrogen-bond acceptors (Lipinski definition) is 4. The van der Waals surface area contributed by atoms with Gasteiger partial charge in [0.25, 0.3) is 0 Å². The highest BCUT2D eigenvalue weighted by Crippen LogP contribution is 2.32. The van der Waals surface area contributed by atoms with Crippen molar-refractivity contribution in [3.05, 3.63) is 22.5 Å². The van der Waals surface area contributed by atoms with Crippen molar-refractivity contribution in [3.63, 3.8) is 0 Å². The lowest BCUT2D eigenvalue weighted by atomic mass is 9.87. The van der Waals surface area contributed by atoms with Crippen LogP contribution >= 0.6 is 0 Å². The van der Waals surface area contributed by atoms with Crippen molar-refractivity contribution in [2.45, 2.75) is 37.7 Å². The Morgan fingerprint density at radius 2 is 2.06 bits per heavy atom. The van der Waals surface area contributed by atoms with Gasteiger partial charge < -0.3 is 9.72 Å². The number of aromatic amines is 2. The second kappa shape index (κ2) is 4.53. The number of nitrogens with zero attached hydrogens (tertiary/aromatic N) is 2. The van der Waals surface area contributed by atoms with Crippen LogP contribution in [0.15, 0.2) is 11.0 Å². The monoisotopic (exact) mass is 248 g/mol. The van der Waals surface area contributed by atoms with E-state index < -0.39 is 0 Å². The molecule has 3 rings (SSSR count). The molecule has 1 aliphatic rings. The van der Waals surface area contributed by atoms with Gasteiger partial charge in [-0.05, 0) is 25.7 Å². The van der Waals surface area contributed by atoms with Crippen molar-refractivity contribution >= 4 is 11.2 Å². The lowest BCUT2D eigenvalue weighted by Crippen LogP contribution is -2.20. The van der Waals surface area contributed by atoms with Crippen molar-refractivity contribution < 1.29 is 4.74 Å². The molecular weight excluding hydrogens is 232 g/mol. The molecule has 0 saturated heterocycles. The average molecular weight is 248 g/mol. The molecule has 2 aromatic rings. The highest BCUT2D eigenvalue weighted by atomic mass is 16.5. The van der Waals surface area contributed by atoms with E-state index in [1.165, 1.54) is 0 Å². The summed E-state index contributed by atoms with van der Waals surface area (Å²) < 4.78 is 5.36. The molecule has 0 bridgehead atoms. The Kier molecular flexibility index (Phi) is 2.87. The Morgan fingerprint density at radius 3 is 2.78 bits per heavy atom. The lowest BCUT2D eigenvalue weighted by molar-refractivity contribution is 0.0651. The Labute approximate surface area is 104 Å². The topological polar surface area (TPSA) is 83.7 Å². The first-order valence-electron chi connectivity index (χ1n) is 6.24. The van der Waals surface area contributed by atoms with Crippen molar-refractivity contribution in [2.24, 2.45) is 0 Å². The summed E-state index contributed by atoms with van der Waals surface area (Å²) in [4.78, 5) is 25.3. The summed E-state index contributed by atoms with van der Waals surface area (Å²) in [6.07, 6.45) is 6.23. The van der Waals surface area contributed by atoms with E-state index in [9.17, 15) is 4.79 Å². The minimum Gasteiger partial charge on any atom is -0.381 e. The number of nitrogens with one attached hydrogen (secondary N) is 2. The maximum absolute atomic E-state index is 11.2. The van der Waals surface area contributed by atoms with Crippen molar-refractivity contribution in [1.82, 2.24) is 19.9 Å². The van der Waals surface area contributed by atoms with Gasteiger partial charge in [0, 0.05) is 13.0 Å². The number of methoxy groups -OCH3 is 1. The SMILES string of the molecule is COC1CCC(c2ncc3[nH]c(=O)[nH]c3n2)CC1. The van der Waals surface area contributed by atoms with Gasteiger partial charge in [0.05, 0.1) is 12.3 Å². The molecule has 1 saturated carbocycles. The summed E-state index contributed by atoms with van der Waals surface area (Å²) in [6, 6.07) is 0. The minimum absolute atomic E-state index is 0.237. The van der Waals surface area contributed by atoms with E-state index in [0.29, 0.717) is 23.2 Å². The van der Waals surface area contributed by atoms with Gasteiger partial charge >= 0.3 is 5.69 Å². The predicted octanol–water partition coefficient (Wildman–Crippen LogP) is 1.32. The number of fused-ring (bicyclic) bond motifs is 1. The van der Waals surface area contributed by atoms with Gasteiger partial charge in [-0.2, -0.15) is 0 Å². The molecule has 0 aliphatic heterocycles. The lowest BCUT2D eigenvalue weighted by Gasteiger charge is -2.26. The highest BCUT2D eigenvalue weighted by molar-refractivity contribution is 5.68. The normalized spacial score (nSPS) is 24.5. The van der Waals surface area contributed by atoms with Crippen molar-refractivity contribution in [2.75, 3.05) is 7.11 Å². The molecule has 0 atom stereocenters. The smallest absolute Gasteiger partial charge is 0.325 e. The molecule has 2 aromatic heterocycles. The fourth-order valence-electron chi connectivity index (χ4n) is 2.60. The molecule has 0 radical (unpaired) electrons. The molecule has 0 aromatic carbocycles. The number of aromatic nitrogens is 4. The third-order valence-electron chi connectivity index (χ3n) is 3.66. The zero-order valence-electron chi connectivity index (χ0n) is 10.3. The summed E-state index contributed by atoms with van der Waals surface area (Å²) in [5, 5.41) is 0. The molecule has 18 heavy (non-hydrogen) atoms. The molecule has 2 heterocycles. The Hall–Kier alpha value is -1.69. The fraction of sp³-hybridized carbons (Fsp3) is 0.583. The standard InChI is InChI=1S/C12H16N4O2/c1-18-8-4-2-7(3-5-8)10-13-6-9-11(15-10)16-12(17)14-9/h6-8H,2-5H2,1H3,(H2,13,14,15,16,17). The van der Waals surface area contributed by atoms with Gasteiger partial charge in [-0.1, -0.05) is 0 Å². The quantitative estimate of drug-likeness (QED) is 0.839. The first-order valence-corrected chi connectivity index (χ1v) is 6.24. The molecule has 1 aliphatic carbocycles. The summed E-state index contributed by atoms with van der Waals surface area (Å²) in [7, 11) is 1.76. The molecule has 6 nitrogen and oxygen atoms in total. The molecule has 0 amide bonds. The van der Waals surface area contributed by atoms with E-state index in [2.05, 4.69) is 19.9 Å². The molecule has 6 heteroatoms. The van der Waals surface area contributed by atoms with Gasteiger partial charge in [-0.25, -0.2) is 14.8 Å². The van der Waals surface area contributed by atoms with Crippen molar-refractivity contribution in [1.29, 1.82) is 0 Å². The van der Waals surface area contributed by atoms with E-state index in [1.54, 1.807) is 13.3 Å². The maximum atomic E-state index is 11.2. The molecule has 1 fully saturated rings. The van der Waals surface area contributed by atoms with E-state index >= 15 is 0 Å². The van der Waals surface area contributed by atoms with Crippen LogP contribution in [0.4, 0.5) is 0 Å². The van der Waals surface area contributed by atoms with E-state index in [-0.39, 0.29) is 5.69 Å². The number of H-pyrrole nitrogens is 2. The van der Waals surface area contributed by atoms with Crippen LogP contribution in [0.2, 0.25) is 0 Å². The van der Waals surface area contributed by atoms with Gasteiger partial charge in [0.15, 0.2) is 5.65 Å². The van der Waals surface area contributed by atoms with Crippen LogP contribution in [0.3, 0.4) is 0 Å². The third kappa shape index (κ3) is 2.03. The zero-order valence-corrected chi connectivity index (χ0v) is 10.3. The summed E-state index contributed by atoms with van der Waals surface area (Å²) >= 11 is 0. The minimum atomic E-state index is -0.237. The largest absolute Gasteiger partial charge is 0.381 e. The maximum Gasteiger partial charge on any atom is 0.325 e. The van der Waals surface area contributed by atoms with Crippen LogP contribution in [-0.4, -0.2) is 33.1 Å². The first kappa shape index (κ1) is 11.4. The number of rotatable bonds is 2. The molecule has 0 spiro atoms. The van der Waals surface area contributed by atoms with E-state index in [1.807, 2.05) is 0 Å². The second-order valence-electron chi connectivity index (χ2n) is 4.78. The second-order valence-corrected chi connectivity index (χ2v) is 4.78. The van der Waals surface area contributed by atoms with E-state index in [0.717, 1.165) is 31.5 Å². The predicted molar refractivity (Wildman–Crippen MR) is 66.5 cm³/mol. The van der Waals surface area contributed by atoms with Crippen LogP contribution in [0, 0.1) is 0 Å².